The quantitative estimate of drug-likeness (QED) is 0.491. The first-order valence-electron chi connectivity index (χ1n) is 9.55. The van der Waals surface area contributed by atoms with Crippen molar-refractivity contribution in [3.05, 3.63) is 60.7 Å². The van der Waals surface area contributed by atoms with Gasteiger partial charge in [-0.2, -0.15) is 0 Å². The minimum Gasteiger partial charge on any atom is -0.497 e. The van der Waals surface area contributed by atoms with Crippen molar-refractivity contribution in [3.8, 4) is 34.0 Å². The largest absolute Gasteiger partial charge is 0.497 e. The number of ether oxygens (including phenoxy) is 2. The molecule has 0 atom stereocenters. The first kappa shape index (κ1) is 19.6. The third kappa shape index (κ3) is 3.61. The Kier molecular flexibility index (Phi) is 5.43. The van der Waals surface area contributed by atoms with Gasteiger partial charge in [0.25, 0.3) is 0 Å². The zero-order chi connectivity index (χ0) is 21.1. The molecular formula is C23H21FN4O2. The van der Waals surface area contributed by atoms with Crippen molar-refractivity contribution in [2.24, 2.45) is 0 Å². The monoisotopic (exact) mass is 404 g/mol. The summed E-state index contributed by atoms with van der Waals surface area (Å²) in [5, 5.41) is 3.86. The number of methoxy groups -OCH3 is 1. The molecule has 2 aromatic heterocycles. The molecule has 0 bridgehead atoms. The molecule has 1 N–H and O–H groups in total. The number of anilines is 1. The molecule has 0 amide bonds. The van der Waals surface area contributed by atoms with Crippen LogP contribution in [0.25, 0.3) is 33.4 Å². The number of hydrogen-bond donors (Lipinski definition) is 1. The average Bonchev–Trinajstić information content (AvgIpc) is 2.79. The van der Waals surface area contributed by atoms with E-state index >= 15 is 0 Å². The molecule has 152 valence electrons. The predicted molar refractivity (Wildman–Crippen MR) is 115 cm³/mol. The number of hydrogen-bond acceptors (Lipinski definition) is 6. The Balaban J connectivity index is 1.96. The SMILES string of the molecule is CCOc1cc(-c2ccc(OC)cc2F)cc2c(NC)nc(-c3cccnc3)nc12. The van der Waals surface area contributed by atoms with Gasteiger partial charge < -0.3 is 14.8 Å². The molecule has 0 aliphatic heterocycles. The van der Waals surface area contributed by atoms with E-state index in [-0.39, 0.29) is 5.82 Å². The van der Waals surface area contributed by atoms with Crippen LogP contribution in [0.1, 0.15) is 6.92 Å². The van der Waals surface area contributed by atoms with Gasteiger partial charge in [-0.1, -0.05) is 0 Å². The van der Waals surface area contributed by atoms with Gasteiger partial charge in [-0.05, 0) is 48.9 Å². The summed E-state index contributed by atoms with van der Waals surface area (Å²) >= 11 is 0. The number of rotatable bonds is 6. The van der Waals surface area contributed by atoms with Crippen molar-refractivity contribution >= 4 is 16.7 Å². The van der Waals surface area contributed by atoms with Gasteiger partial charge in [0.05, 0.1) is 13.7 Å². The number of pyridine rings is 1. The summed E-state index contributed by atoms with van der Waals surface area (Å²) in [6, 6.07) is 12.2. The van der Waals surface area contributed by atoms with Crippen molar-refractivity contribution in [1.29, 1.82) is 0 Å². The molecule has 0 saturated heterocycles. The maximum absolute atomic E-state index is 14.7. The molecule has 30 heavy (non-hydrogen) atoms. The molecule has 0 fully saturated rings. The van der Waals surface area contributed by atoms with Crippen molar-refractivity contribution < 1.29 is 13.9 Å². The van der Waals surface area contributed by atoms with Gasteiger partial charge in [-0.15, -0.1) is 0 Å². The minimum absolute atomic E-state index is 0.380. The Bertz CT molecular complexity index is 1200. The van der Waals surface area contributed by atoms with Crippen LogP contribution in [0.5, 0.6) is 11.5 Å². The highest BCUT2D eigenvalue weighted by Gasteiger charge is 2.17. The maximum Gasteiger partial charge on any atom is 0.163 e. The zero-order valence-electron chi connectivity index (χ0n) is 16.9. The van der Waals surface area contributed by atoms with Crippen molar-refractivity contribution in [1.82, 2.24) is 15.0 Å². The Labute approximate surface area is 173 Å². The third-order valence-corrected chi connectivity index (χ3v) is 4.71. The highest BCUT2D eigenvalue weighted by Crippen LogP contribution is 2.37. The summed E-state index contributed by atoms with van der Waals surface area (Å²) in [5.74, 6) is 1.79. The van der Waals surface area contributed by atoms with Crippen LogP contribution in [0.3, 0.4) is 0 Å². The van der Waals surface area contributed by atoms with Gasteiger partial charge in [0, 0.05) is 42.0 Å². The lowest BCUT2D eigenvalue weighted by molar-refractivity contribution is 0.344. The molecule has 0 spiro atoms. The van der Waals surface area contributed by atoms with Gasteiger partial charge in [-0.25, -0.2) is 14.4 Å². The fraction of sp³-hybridized carbons (Fsp3) is 0.174. The number of benzene rings is 2. The summed E-state index contributed by atoms with van der Waals surface area (Å²) in [7, 11) is 3.30. The smallest absolute Gasteiger partial charge is 0.163 e. The summed E-state index contributed by atoms with van der Waals surface area (Å²) in [4.78, 5) is 13.5. The third-order valence-electron chi connectivity index (χ3n) is 4.71. The molecule has 0 aliphatic rings. The molecule has 4 aromatic rings. The van der Waals surface area contributed by atoms with Gasteiger partial charge in [0.15, 0.2) is 5.82 Å². The molecule has 2 aromatic carbocycles. The van der Waals surface area contributed by atoms with Crippen molar-refractivity contribution in [2.45, 2.75) is 6.92 Å². The molecular weight excluding hydrogens is 383 g/mol. The lowest BCUT2D eigenvalue weighted by Crippen LogP contribution is -2.02. The topological polar surface area (TPSA) is 69.2 Å². The molecule has 6 nitrogen and oxygen atoms in total. The maximum atomic E-state index is 14.7. The Hall–Kier alpha value is -3.74. The van der Waals surface area contributed by atoms with Crippen LogP contribution in [0.15, 0.2) is 54.9 Å². The van der Waals surface area contributed by atoms with E-state index in [2.05, 4.69) is 15.3 Å². The summed E-state index contributed by atoms with van der Waals surface area (Å²) in [6.45, 7) is 2.35. The van der Waals surface area contributed by atoms with E-state index in [0.717, 1.165) is 10.9 Å². The van der Waals surface area contributed by atoms with Gasteiger partial charge >= 0.3 is 0 Å². The molecule has 0 radical (unpaired) electrons. The van der Waals surface area contributed by atoms with E-state index in [1.54, 1.807) is 37.6 Å². The lowest BCUT2D eigenvalue weighted by atomic mass is 10.0. The van der Waals surface area contributed by atoms with E-state index in [0.29, 0.717) is 46.4 Å². The van der Waals surface area contributed by atoms with E-state index in [9.17, 15) is 4.39 Å². The predicted octanol–water partition coefficient (Wildman–Crippen LogP) is 4.95. The molecule has 0 aliphatic carbocycles. The fourth-order valence-electron chi connectivity index (χ4n) is 3.29. The first-order valence-corrected chi connectivity index (χ1v) is 9.55. The van der Waals surface area contributed by atoms with Gasteiger partial charge in [0.2, 0.25) is 0 Å². The van der Waals surface area contributed by atoms with Crippen LogP contribution in [-0.4, -0.2) is 35.7 Å². The first-order chi connectivity index (χ1) is 14.6. The molecule has 2 heterocycles. The average molecular weight is 404 g/mol. The number of nitrogens with one attached hydrogen (secondary N) is 1. The number of halogens is 1. The van der Waals surface area contributed by atoms with Gasteiger partial charge in [0.1, 0.15) is 28.7 Å². The molecule has 0 unspecified atom stereocenters. The van der Waals surface area contributed by atoms with Crippen LogP contribution in [0.4, 0.5) is 10.2 Å². The fourth-order valence-corrected chi connectivity index (χ4v) is 3.29. The molecule has 4 rings (SSSR count). The van der Waals surface area contributed by atoms with E-state index < -0.39 is 0 Å². The van der Waals surface area contributed by atoms with Crippen LogP contribution >= 0.6 is 0 Å². The Morgan fingerprint density at radius 1 is 1.07 bits per heavy atom. The van der Waals surface area contributed by atoms with Crippen molar-refractivity contribution in [3.63, 3.8) is 0 Å². The Morgan fingerprint density at radius 3 is 2.60 bits per heavy atom. The normalized spacial score (nSPS) is 10.8. The summed E-state index contributed by atoms with van der Waals surface area (Å²) in [5.41, 5.74) is 2.55. The number of nitrogens with zero attached hydrogens (tertiary/aromatic N) is 3. The standard InChI is InChI=1S/C23H21FN4O2/c1-4-30-20-11-15(17-8-7-16(29-3)12-19(17)24)10-18-21(20)27-22(28-23(18)25-2)14-6-5-9-26-13-14/h5-13H,4H2,1-3H3,(H,25,27,28). The van der Waals surface area contributed by atoms with Crippen LogP contribution in [0.2, 0.25) is 0 Å². The Morgan fingerprint density at radius 2 is 1.93 bits per heavy atom. The summed E-state index contributed by atoms with van der Waals surface area (Å²) < 4.78 is 25.7. The highest BCUT2D eigenvalue weighted by atomic mass is 19.1. The second-order valence-corrected chi connectivity index (χ2v) is 6.54. The second kappa shape index (κ2) is 8.32. The molecule has 7 heteroatoms. The number of fused-ring (bicyclic) bond motifs is 1. The second-order valence-electron chi connectivity index (χ2n) is 6.54. The minimum atomic E-state index is -0.380. The summed E-state index contributed by atoms with van der Waals surface area (Å²) in [6.07, 6.45) is 3.41. The van der Waals surface area contributed by atoms with Crippen molar-refractivity contribution in [2.75, 3.05) is 26.1 Å². The van der Waals surface area contributed by atoms with Gasteiger partial charge in [-0.3, -0.25) is 4.98 Å². The van der Waals surface area contributed by atoms with Crippen LogP contribution < -0.4 is 14.8 Å². The van der Waals surface area contributed by atoms with E-state index in [1.807, 2.05) is 25.1 Å². The van der Waals surface area contributed by atoms with E-state index in [4.69, 9.17) is 14.5 Å². The van der Waals surface area contributed by atoms with Crippen LogP contribution in [-0.2, 0) is 0 Å². The van der Waals surface area contributed by atoms with E-state index in [1.165, 1.54) is 13.2 Å². The number of aromatic nitrogens is 3. The van der Waals surface area contributed by atoms with Crippen LogP contribution in [0, 0.1) is 5.82 Å². The molecule has 0 saturated carbocycles. The highest BCUT2D eigenvalue weighted by molar-refractivity contribution is 5.97. The zero-order valence-corrected chi connectivity index (χ0v) is 16.9. The lowest BCUT2D eigenvalue weighted by Gasteiger charge is -2.15.